The zero-order chi connectivity index (χ0) is 17.7. The lowest BCUT2D eigenvalue weighted by molar-refractivity contribution is 0.270. The van der Waals surface area contributed by atoms with Crippen molar-refractivity contribution in [2.24, 2.45) is 21.8 Å². The highest BCUT2D eigenvalue weighted by atomic mass is 32.2. The summed E-state index contributed by atoms with van der Waals surface area (Å²) in [6.45, 7) is 4.59. The normalized spacial score (nSPS) is 19.4. The lowest BCUT2D eigenvalue weighted by Crippen LogP contribution is -2.43. The molecule has 2 rings (SSSR count). The first-order valence-corrected chi connectivity index (χ1v) is 9.60. The third kappa shape index (κ3) is 4.85. The number of benzene rings is 1. The molecule has 1 aromatic rings. The highest BCUT2D eigenvalue weighted by molar-refractivity contribution is 7.89. The second-order valence-electron chi connectivity index (χ2n) is 6.21. The van der Waals surface area contributed by atoms with Crippen molar-refractivity contribution in [1.82, 2.24) is 4.90 Å². The van der Waals surface area contributed by atoms with Gasteiger partial charge in [-0.2, -0.15) is 0 Å². The Kier molecular flexibility index (Phi) is 6.06. The number of primary sulfonamides is 1. The van der Waals surface area contributed by atoms with Crippen LogP contribution in [0.25, 0.3) is 0 Å². The monoisotopic (exact) mass is 354 g/mol. The number of nitrogens with zero attached hydrogens (tertiary/aromatic N) is 2. The average molecular weight is 354 g/mol. The predicted octanol–water partition coefficient (Wildman–Crippen LogP) is 0.932. The van der Waals surface area contributed by atoms with Crippen LogP contribution in [0.5, 0.6) is 5.75 Å². The zero-order valence-electron chi connectivity index (χ0n) is 14.2. The number of aliphatic imine (C=N–C) groups is 1. The van der Waals surface area contributed by atoms with E-state index in [4.69, 9.17) is 15.6 Å². The van der Waals surface area contributed by atoms with Crippen LogP contribution < -0.4 is 15.6 Å². The fourth-order valence-electron chi connectivity index (χ4n) is 2.90. The molecule has 1 aromatic carbocycles. The second kappa shape index (κ2) is 7.85. The van der Waals surface area contributed by atoms with E-state index in [0.29, 0.717) is 24.8 Å². The van der Waals surface area contributed by atoms with Crippen LogP contribution in [0.2, 0.25) is 0 Å². The van der Waals surface area contributed by atoms with Crippen molar-refractivity contribution in [3.05, 3.63) is 23.8 Å². The Morgan fingerprint density at radius 2 is 2.21 bits per heavy atom. The Balaban J connectivity index is 2.03. The number of ether oxygens (including phenoxy) is 1. The summed E-state index contributed by atoms with van der Waals surface area (Å²) in [7, 11) is -2.42. The van der Waals surface area contributed by atoms with Gasteiger partial charge in [0.15, 0.2) is 5.96 Å². The first-order valence-electron chi connectivity index (χ1n) is 8.06. The van der Waals surface area contributed by atoms with Gasteiger partial charge in [-0.15, -0.1) is 0 Å². The summed E-state index contributed by atoms with van der Waals surface area (Å²) < 4.78 is 28.3. The molecule has 1 unspecified atom stereocenters. The molecular formula is C16H26N4O3S. The second-order valence-corrected chi connectivity index (χ2v) is 7.74. The molecule has 24 heavy (non-hydrogen) atoms. The molecule has 4 N–H and O–H groups in total. The molecule has 1 atom stereocenters. The quantitative estimate of drug-likeness (QED) is 0.604. The lowest BCUT2D eigenvalue weighted by atomic mass is 10.0. The van der Waals surface area contributed by atoms with Gasteiger partial charge in [0, 0.05) is 19.6 Å². The Hall–Kier alpha value is -1.80. The van der Waals surface area contributed by atoms with Crippen molar-refractivity contribution in [3.63, 3.8) is 0 Å². The van der Waals surface area contributed by atoms with Gasteiger partial charge >= 0.3 is 0 Å². The number of methoxy groups -OCH3 is 1. The fourth-order valence-corrected chi connectivity index (χ4v) is 3.64. The van der Waals surface area contributed by atoms with Crippen LogP contribution in [-0.4, -0.2) is 46.0 Å². The summed E-state index contributed by atoms with van der Waals surface area (Å²) in [5.41, 5.74) is 6.88. The molecule has 134 valence electrons. The minimum Gasteiger partial charge on any atom is -0.495 e. The Morgan fingerprint density at radius 1 is 1.46 bits per heavy atom. The summed E-state index contributed by atoms with van der Waals surface area (Å²) >= 11 is 0. The highest BCUT2D eigenvalue weighted by Gasteiger charge is 2.18. The molecule has 1 fully saturated rings. The smallest absolute Gasteiger partial charge is 0.241 e. The zero-order valence-corrected chi connectivity index (χ0v) is 15.1. The van der Waals surface area contributed by atoms with Gasteiger partial charge < -0.3 is 15.4 Å². The maximum absolute atomic E-state index is 11.6. The number of hydrogen-bond donors (Lipinski definition) is 2. The van der Waals surface area contributed by atoms with E-state index in [1.807, 2.05) is 6.07 Å². The summed E-state index contributed by atoms with van der Waals surface area (Å²) in [4.78, 5) is 6.52. The molecule has 0 spiro atoms. The largest absolute Gasteiger partial charge is 0.495 e. The highest BCUT2D eigenvalue weighted by Crippen LogP contribution is 2.24. The maximum Gasteiger partial charge on any atom is 0.241 e. The summed E-state index contributed by atoms with van der Waals surface area (Å²) in [5, 5.41) is 5.23. The van der Waals surface area contributed by atoms with E-state index in [-0.39, 0.29) is 10.6 Å². The van der Waals surface area contributed by atoms with Gasteiger partial charge in [0.1, 0.15) is 10.6 Å². The first kappa shape index (κ1) is 18.5. The van der Waals surface area contributed by atoms with Gasteiger partial charge in [0.05, 0.1) is 7.11 Å². The molecule has 0 aliphatic carbocycles. The number of sulfonamides is 1. The van der Waals surface area contributed by atoms with Crippen LogP contribution in [0.15, 0.2) is 28.1 Å². The minimum absolute atomic E-state index is 0.00990. The van der Waals surface area contributed by atoms with Crippen molar-refractivity contribution in [1.29, 1.82) is 0 Å². The molecule has 0 aromatic heterocycles. The van der Waals surface area contributed by atoms with Crippen molar-refractivity contribution in [3.8, 4) is 5.75 Å². The Morgan fingerprint density at radius 3 is 2.83 bits per heavy atom. The van der Waals surface area contributed by atoms with Gasteiger partial charge in [0.25, 0.3) is 0 Å². The number of piperidine rings is 1. The first-order chi connectivity index (χ1) is 11.3. The standard InChI is InChI=1S/C16H26N4O3S/c1-12-4-3-9-20(11-12)16(17)19-8-7-13-5-6-14(23-2)15(10-13)24(18,21)22/h5-6,10,12H,3-4,7-9,11H2,1-2H3,(H2,17,19)(H2,18,21,22). The molecule has 0 amide bonds. The number of nitrogens with two attached hydrogens (primary N) is 2. The molecule has 0 saturated carbocycles. The SMILES string of the molecule is COc1ccc(CCN=C(N)N2CCCC(C)C2)cc1S(N)(=O)=O. The molecule has 1 aliphatic heterocycles. The maximum atomic E-state index is 11.6. The Labute approximate surface area is 143 Å². The van der Waals surface area contributed by atoms with Crippen LogP contribution in [-0.2, 0) is 16.4 Å². The molecular weight excluding hydrogens is 328 g/mol. The number of rotatable bonds is 5. The van der Waals surface area contributed by atoms with E-state index in [1.165, 1.54) is 19.6 Å². The van der Waals surface area contributed by atoms with E-state index in [1.54, 1.807) is 6.07 Å². The van der Waals surface area contributed by atoms with Gasteiger partial charge in [-0.05, 0) is 42.9 Å². The van der Waals surface area contributed by atoms with E-state index in [9.17, 15) is 8.42 Å². The van der Waals surface area contributed by atoms with Crippen molar-refractivity contribution >= 4 is 16.0 Å². The van der Waals surface area contributed by atoms with Crippen LogP contribution in [0.4, 0.5) is 0 Å². The van der Waals surface area contributed by atoms with Crippen molar-refractivity contribution in [2.45, 2.75) is 31.1 Å². The summed E-state index contributed by atoms with van der Waals surface area (Å²) in [6, 6.07) is 4.94. The molecule has 0 bridgehead atoms. The molecule has 1 heterocycles. The van der Waals surface area contributed by atoms with Crippen molar-refractivity contribution < 1.29 is 13.2 Å². The third-order valence-electron chi connectivity index (χ3n) is 4.19. The van der Waals surface area contributed by atoms with Gasteiger partial charge in [0.2, 0.25) is 10.0 Å². The number of hydrogen-bond acceptors (Lipinski definition) is 4. The van der Waals surface area contributed by atoms with Crippen LogP contribution in [0, 0.1) is 5.92 Å². The predicted molar refractivity (Wildman–Crippen MR) is 94.5 cm³/mol. The van der Waals surface area contributed by atoms with Gasteiger partial charge in [-0.1, -0.05) is 13.0 Å². The van der Waals surface area contributed by atoms with Crippen LogP contribution in [0.3, 0.4) is 0 Å². The molecule has 8 heteroatoms. The molecule has 0 radical (unpaired) electrons. The topological polar surface area (TPSA) is 111 Å². The van der Waals surface area contributed by atoms with Gasteiger partial charge in [-0.3, -0.25) is 4.99 Å². The minimum atomic E-state index is -3.83. The Bertz CT molecular complexity index is 703. The van der Waals surface area contributed by atoms with Crippen LogP contribution >= 0.6 is 0 Å². The van der Waals surface area contributed by atoms with Crippen molar-refractivity contribution in [2.75, 3.05) is 26.7 Å². The number of likely N-dealkylation sites (tertiary alicyclic amines) is 1. The van der Waals surface area contributed by atoms with E-state index in [0.717, 1.165) is 25.1 Å². The number of guanidine groups is 1. The molecule has 1 aliphatic rings. The summed E-state index contributed by atoms with van der Waals surface area (Å²) in [5.74, 6) is 1.43. The summed E-state index contributed by atoms with van der Waals surface area (Å²) in [6.07, 6.45) is 2.94. The van der Waals surface area contributed by atoms with E-state index >= 15 is 0 Å². The average Bonchev–Trinajstić information content (AvgIpc) is 2.54. The lowest BCUT2D eigenvalue weighted by Gasteiger charge is -2.31. The van der Waals surface area contributed by atoms with E-state index < -0.39 is 10.0 Å². The van der Waals surface area contributed by atoms with Gasteiger partial charge in [-0.25, -0.2) is 13.6 Å². The molecule has 7 nitrogen and oxygen atoms in total. The molecule has 1 saturated heterocycles. The third-order valence-corrected chi connectivity index (χ3v) is 5.12. The van der Waals surface area contributed by atoms with E-state index in [2.05, 4.69) is 16.8 Å². The fraction of sp³-hybridized carbons (Fsp3) is 0.562. The van der Waals surface area contributed by atoms with Crippen LogP contribution in [0.1, 0.15) is 25.3 Å².